The summed E-state index contributed by atoms with van der Waals surface area (Å²) in [5, 5.41) is 12.1. The number of rotatable bonds is 3. The molecule has 1 aliphatic heterocycles. The van der Waals surface area contributed by atoms with Crippen molar-refractivity contribution in [1.82, 2.24) is 24.9 Å². The van der Waals surface area contributed by atoms with Crippen LogP contribution in [0, 0.1) is 0 Å². The highest BCUT2D eigenvalue weighted by atomic mass is 16.3. The molecule has 1 fully saturated rings. The zero-order valence-corrected chi connectivity index (χ0v) is 19.1. The van der Waals surface area contributed by atoms with Crippen molar-refractivity contribution in [3.05, 3.63) is 72.9 Å². The predicted octanol–water partition coefficient (Wildman–Crippen LogP) is 5.28. The first-order valence-electron chi connectivity index (χ1n) is 12.0. The maximum absolute atomic E-state index is 9.80. The van der Waals surface area contributed by atoms with E-state index in [1.54, 1.807) is 0 Å². The average Bonchev–Trinajstić information content (AvgIpc) is 3.52. The van der Waals surface area contributed by atoms with Gasteiger partial charge in [-0.1, -0.05) is 24.3 Å². The number of nitrogens with zero attached hydrogens (tertiary/aromatic N) is 4. The van der Waals surface area contributed by atoms with Crippen LogP contribution in [0.15, 0.2) is 72.9 Å². The topological polar surface area (TPSA) is 93.7 Å². The standard InChI is InChI=1S/C28H24N6O/c35-21-9-11-34(12-10-21)20-6-8-23-25(15-20)32-27(30-23)18-5-7-22-24(14-18)33-28(31-22)26-13-17-3-1-2-4-19(17)16-29-26/h1-8,13-16,21,35H,9-12H2,(H,30,32)(H,31,33). The molecule has 4 heterocycles. The number of aliphatic hydroxyl groups is 1. The number of imidazole rings is 2. The number of nitrogens with one attached hydrogen (secondary N) is 2. The molecule has 1 saturated heterocycles. The summed E-state index contributed by atoms with van der Waals surface area (Å²) in [6.45, 7) is 1.74. The summed E-state index contributed by atoms with van der Waals surface area (Å²) in [7, 11) is 0. The van der Waals surface area contributed by atoms with E-state index >= 15 is 0 Å². The number of anilines is 1. The van der Waals surface area contributed by atoms with E-state index in [0.717, 1.165) is 87.4 Å². The van der Waals surface area contributed by atoms with Gasteiger partial charge in [-0.3, -0.25) is 4.98 Å². The average molecular weight is 461 g/mol. The van der Waals surface area contributed by atoms with Crippen molar-refractivity contribution in [3.8, 4) is 22.9 Å². The summed E-state index contributed by atoms with van der Waals surface area (Å²) >= 11 is 0. The third-order valence-corrected chi connectivity index (χ3v) is 6.93. The van der Waals surface area contributed by atoms with Crippen LogP contribution in [-0.4, -0.2) is 49.2 Å². The van der Waals surface area contributed by atoms with Gasteiger partial charge in [-0.15, -0.1) is 0 Å². The minimum absolute atomic E-state index is 0.179. The molecule has 7 nitrogen and oxygen atoms in total. The van der Waals surface area contributed by atoms with Crippen LogP contribution >= 0.6 is 0 Å². The Morgan fingerprint density at radius 2 is 1.49 bits per heavy atom. The molecule has 0 bridgehead atoms. The molecule has 3 N–H and O–H groups in total. The Bertz CT molecular complexity index is 1690. The van der Waals surface area contributed by atoms with Gasteiger partial charge in [-0.05, 0) is 60.7 Å². The molecule has 0 spiro atoms. The maximum Gasteiger partial charge on any atom is 0.157 e. The number of fused-ring (bicyclic) bond motifs is 3. The molecule has 1 aliphatic rings. The highest BCUT2D eigenvalue weighted by Crippen LogP contribution is 2.29. The smallest absolute Gasteiger partial charge is 0.157 e. The van der Waals surface area contributed by atoms with Crippen molar-refractivity contribution in [2.45, 2.75) is 18.9 Å². The Morgan fingerprint density at radius 3 is 2.34 bits per heavy atom. The highest BCUT2D eigenvalue weighted by Gasteiger charge is 2.18. The van der Waals surface area contributed by atoms with E-state index < -0.39 is 0 Å². The Hall–Kier alpha value is -4.23. The fourth-order valence-corrected chi connectivity index (χ4v) is 4.94. The number of aromatic amines is 2. The first-order valence-corrected chi connectivity index (χ1v) is 12.0. The van der Waals surface area contributed by atoms with Crippen LogP contribution in [0.25, 0.3) is 55.7 Å². The Balaban J connectivity index is 1.22. The van der Waals surface area contributed by atoms with E-state index in [2.05, 4.69) is 68.4 Å². The minimum atomic E-state index is -0.179. The van der Waals surface area contributed by atoms with Crippen LogP contribution in [-0.2, 0) is 0 Å². The van der Waals surface area contributed by atoms with Crippen molar-refractivity contribution < 1.29 is 5.11 Å². The third-order valence-electron chi connectivity index (χ3n) is 6.93. The number of aliphatic hydroxyl groups excluding tert-OH is 1. The number of pyridine rings is 1. The molecule has 35 heavy (non-hydrogen) atoms. The van der Waals surface area contributed by atoms with E-state index in [-0.39, 0.29) is 6.10 Å². The summed E-state index contributed by atoms with van der Waals surface area (Å²) in [6, 6.07) is 22.8. The van der Waals surface area contributed by atoms with Crippen molar-refractivity contribution >= 4 is 38.5 Å². The largest absolute Gasteiger partial charge is 0.393 e. The second-order valence-electron chi connectivity index (χ2n) is 9.24. The maximum atomic E-state index is 9.80. The molecule has 0 radical (unpaired) electrons. The van der Waals surface area contributed by atoms with Crippen molar-refractivity contribution in [2.24, 2.45) is 0 Å². The van der Waals surface area contributed by atoms with Crippen LogP contribution in [0.4, 0.5) is 5.69 Å². The normalized spacial score (nSPS) is 14.9. The fourth-order valence-electron chi connectivity index (χ4n) is 4.94. The van der Waals surface area contributed by atoms with Crippen molar-refractivity contribution in [3.63, 3.8) is 0 Å². The monoisotopic (exact) mass is 460 g/mol. The Labute approximate surface area is 201 Å². The summed E-state index contributed by atoms with van der Waals surface area (Å²) in [6.07, 6.45) is 3.33. The quantitative estimate of drug-likeness (QED) is 0.334. The first kappa shape index (κ1) is 20.2. The SMILES string of the molecule is OC1CCN(c2ccc3[nH]c(-c4ccc5[nH]c(-c6cc7ccccc7cn6)nc5c4)nc3c2)CC1. The molecular weight excluding hydrogens is 436 g/mol. The molecule has 7 heteroatoms. The van der Waals surface area contributed by atoms with Crippen LogP contribution < -0.4 is 4.90 Å². The van der Waals surface area contributed by atoms with Crippen LogP contribution in [0.1, 0.15) is 12.8 Å². The number of hydrogen-bond acceptors (Lipinski definition) is 5. The fraction of sp³-hybridized carbons (Fsp3) is 0.179. The molecular formula is C28H24N6O. The van der Waals surface area contributed by atoms with E-state index in [1.165, 1.54) is 0 Å². The Morgan fingerprint density at radius 1 is 0.771 bits per heavy atom. The van der Waals surface area contributed by atoms with Gasteiger partial charge in [0.1, 0.15) is 11.5 Å². The summed E-state index contributed by atoms with van der Waals surface area (Å²) in [4.78, 5) is 23.5. The van der Waals surface area contributed by atoms with Gasteiger partial charge < -0.3 is 20.0 Å². The molecule has 7 rings (SSSR count). The molecule has 0 atom stereocenters. The summed E-state index contributed by atoms with van der Waals surface area (Å²) in [5.74, 6) is 1.57. The minimum Gasteiger partial charge on any atom is -0.393 e. The molecule has 0 unspecified atom stereocenters. The lowest BCUT2D eigenvalue weighted by atomic mass is 10.1. The van der Waals surface area contributed by atoms with Gasteiger partial charge in [0, 0.05) is 35.9 Å². The Kier molecular flexibility index (Phi) is 4.57. The molecule has 3 aromatic heterocycles. The van der Waals surface area contributed by atoms with E-state index in [4.69, 9.17) is 9.97 Å². The highest BCUT2D eigenvalue weighted by molar-refractivity contribution is 5.88. The van der Waals surface area contributed by atoms with Crippen molar-refractivity contribution in [1.29, 1.82) is 0 Å². The molecule has 0 aliphatic carbocycles. The number of H-pyrrole nitrogens is 2. The second kappa shape index (κ2) is 7.92. The lowest BCUT2D eigenvalue weighted by Crippen LogP contribution is -2.35. The lowest BCUT2D eigenvalue weighted by Gasteiger charge is -2.31. The van der Waals surface area contributed by atoms with E-state index in [0.29, 0.717) is 0 Å². The van der Waals surface area contributed by atoms with Crippen molar-refractivity contribution in [2.75, 3.05) is 18.0 Å². The van der Waals surface area contributed by atoms with Gasteiger partial charge in [-0.2, -0.15) is 0 Å². The first-order chi connectivity index (χ1) is 17.2. The van der Waals surface area contributed by atoms with Gasteiger partial charge >= 0.3 is 0 Å². The number of piperidine rings is 1. The van der Waals surface area contributed by atoms with E-state index in [1.807, 2.05) is 24.4 Å². The van der Waals surface area contributed by atoms with Gasteiger partial charge in [0.15, 0.2) is 5.82 Å². The summed E-state index contributed by atoms with van der Waals surface area (Å²) < 4.78 is 0. The van der Waals surface area contributed by atoms with Gasteiger partial charge in [0.25, 0.3) is 0 Å². The number of benzene rings is 3. The van der Waals surface area contributed by atoms with Gasteiger partial charge in [0.2, 0.25) is 0 Å². The number of hydrogen-bond donors (Lipinski definition) is 3. The summed E-state index contributed by atoms with van der Waals surface area (Å²) in [5.41, 5.74) is 6.74. The van der Waals surface area contributed by atoms with Crippen LogP contribution in [0.2, 0.25) is 0 Å². The lowest BCUT2D eigenvalue weighted by molar-refractivity contribution is 0.145. The number of aromatic nitrogens is 5. The van der Waals surface area contributed by atoms with Gasteiger partial charge in [0.05, 0.1) is 28.2 Å². The third kappa shape index (κ3) is 3.61. The van der Waals surface area contributed by atoms with Crippen LogP contribution in [0.3, 0.4) is 0 Å². The molecule has 0 saturated carbocycles. The van der Waals surface area contributed by atoms with E-state index in [9.17, 15) is 5.11 Å². The zero-order valence-electron chi connectivity index (χ0n) is 19.1. The van der Waals surface area contributed by atoms with Gasteiger partial charge in [-0.25, -0.2) is 9.97 Å². The second-order valence-corrected chi connectivity index (χ2v) is 9.24. The zero-order chi connectivity index (χ0) is 23.4. The molecule has 3 aromatic carbocycles. The predicted molar refractivity (Wildman–Crippen MR) is 139 cm³/mol. The van der Waals surface area contributed by atoms with Crippen LogP contribution in [0.5, 0.6) is 0 Å². The molecule has 0 amide bonds. The molecule has 172 valence electrons. The molecule has 6 aromatic rings.